The van der Waals surface area contributed by atoms with Crippen LogP contribution >= 0.6 is 0 Å². The second-order valence-electron chi connectivity index (χ2n) is 15.2. The van der Waals surface area contributed by atoms with Crippen LogP contribution in [0.1, 0.15) is 75.4 Å². The minimum Gasteiger partial charge on any atom is -0.453 e. The summed E-state index contributed by atoms with van der Waals surface area (Å²) in [5.74, 6) is 2.00. The van der Waals surface area contributed by atoms with Crippen molar-refractivity contribution in [1.82, 2.24) is 35.5 Å². The van der Waals surface area contributed by atoms with E-state index in [1.54, 1.807) is 0 Å². The third-order valence-corrected chi connectivity index (χ3v) is 11.1. The first-order valence-electron chi connectivity index (χ1n) is 18.9. The van der Waals surface area contributed by atoms with Crippen molar-refractivity contribution in [3.8, 4) is 33.6 Å². The van der Waals surface area contributed by atoms with E-state index in [4.69, 9.17) is 9.72 Å². The molecule has 1 saturated heterocycles. The SMILES string of the molecule is CCN[C@H](c1ncc(-c2ccc(-c3ccc4cc(-c5cnc([C@@H]6CC7(CC7)CN6C(=O)C(NC(=O)OC)c6ccccc6)[nH]5)ccc4c3)cc2)[nH]1)C(C)C. The number of aromatic nitrogens is 4. The molecule has 1 unspecified atom stereocenters. The molecule has 3 atom stereocenters. The van der Waals surface area contributed by atoms with Crippen molar-refractivity contribution in [2.75, 3.05) is 20.2 Å². The van der Waals surface area contributed by atoms with Gasteiger partial charge >= 0.3 is 6.09 Å². The summed E-state index contributed by atoms with van der Waals surface area (Å²) in [6.07, 6.45) is 6.14. The number of hydrogen-bond acceptors (Lipinski definition) is 6. The maximum absolute atomic E-state index is 14.2. The number of carbonyl (C=O) groups is 2. The largest absolute Gasteiger partial charge is 0.453 e. The first kappa shape index (κ1) is 35.3. The van der Waals surface area contributed by atoms with E-state index in [0.717, 1.165) is 81.9 Å². The van der Waals surface area contributed by atoms with Crippen molar-refractivity contribution in [1.29, 1.82) is 0 Å². The lowest BCUT2D eigenvalue weighted by molar-refractivity contribution is -0.134. The van der Waals surface area contributed by atoms with Crippen LogP contribution in [0.3, 0.4) is 0 Å². The minimum absolute atomic E-state index is 0.104. The molecule has 10 nitrogen and oxygen atoms in total. The van der Waals surface area contributed by atoms with Gasteiger partial charge in [-0.15, -0.1) is 0 Å². The van der Waals surface area contributed by atoms with Crippen LogP contribution in [0.2, 0.25) is 0 Å². The molecule has 1 saturated carbocycles. The van der Waals surface area contributed by atoms with Crippen LogP contribution in [0.15, 0.2) is 103 Å². The first-order chi connectivity index (χ1) is 26.2. The van der Waals surface area contributed by atoms with Crippen molar-refractivity contribution < 1.29 is 14.3 Å². The molecule has 1 spiro atoms. The van der Waals surface area contributed by atoms with Crippen LogP contribution in [0.4, 0.5) is 4.79 Å². The van der Waals surface area contributed by atoms with Crippen molar-refractivity contribution in [2.24, 2.45) is 11.3 Å². The highest BCUT2D eigenvalue weighted by Gasteiger charge is 2.55. The van der Waals surface area contributed by atoms with Gasteiger partial charge in [-0.2, -0.15) is 0 Å². The van der Waals surface area contributed by atoms with Gasteiger partial charge in [0.2, 0.25) is 0 Å². The number of H-pyrrole nitrogens is 2. The molecule has 2 fully saturated rings. The van der Waals surface area contributed by atoms with Gasteiger partial charge in [0, 0.05) is 12.1 Å². The molecular weight excluding hydrogens is 675 g/mol. The number of amides is 2. The Bertz CT molecular complexity index is 2270. The molecule has 1 aliphatic carbocycles. The Labute approximate surface area is 315 Å². The van der Waals surface area contributed by atoms with E-state index in [9.17, 15) is 9.59 Å². The van der Waals surface area contributed by atoms with Crippen LogP contribution < -0.4 is 10.6 Å². The third kappa shape index (κ3) is 7.01. The number of aromatic amines is 2. The van der Waals surface area contributed by atoms with E-state index in [2.05, 4.69) is 107 Å². The molecule has 2 aliphatic rings. The fourth-order valence-electron chi connectivity index (χ4n) is 7.94. The van der Waals surface area contributed by atoms with E-state index >= 15 is 0 Å². The highest BCUT2D eigenvalue weighted by molar-refractivity contribution is 5.91. The standard InChI is InChI=1S/C44H47N7O3/c1-5-45-38(27(2)3)41-47-24-35(49-41)29-13-11-28(12-14-29)31-15-16-33-22-34(18-17-32(33)21-31)36-25-46-40(48-36)37-23-44(19-20-44)26-51(37)42(52)39(50-43(53)54-4)30-9-7-6-8-10-30/h6-18,21-22,24-25,27,37-39,45H,5,19-20,23,26H2,1-4H3,(H,46,48)(H,47,49)(H,50,53)/t37-,38-,39?/m0/s1. The van der Waals surface area contributed by atoms with Crippen molar-refractivity contribution in [3.05, 3.63) is 121 Å². The van der Waals surface area contributed by atoms with E-state index in [0.29, 0.717) is 18.0 Å². The van der Waals surface area contributed by atoms with Crippen LogP contribution in [0.5, 0.6) is 0 Å². The van der Waals surface area contributed by atoms with Gasteiger partial charge in [0.25, 0.3) is 5.91 Å². The summed E-state index contributed by atoms with van der Waals surface area (Å²) in [6.45, 7) is 8.06. The van der Waals surface area contributed by atoms with Crippen molar-refractivity contribution in [3.63, 3.8) is 0 Å². The Kier molecular flexibility index (Phi) is 9.54. The Morgan fingerprint density at radius 1 is 0.852 bits per heavy atom. The van der Waals surface area contributed by atoms with E-state index < -0.39 is 12.1 Å². The van der Waals surface area contributed by atoms with E-state index in [-0.39, 0.29) is 23.4 Å². The number of benzene rings is 4. The number of nitrogens with one attached hydrogen (secondary N) is 4. The topological polar surface area (TPSA) is 128 Å². The summed E-state index contributed by atoms with van der Waals surface area (Å²) in [7, 11) is 1.31. The number of methoxy groups -OCH3 is 1. The predicted octanol–water partition coefficient (Wildman–Crippen LogP) is 8.74. The van der Waals surface area contributed by atoms with Gasteiger partial charge in [0.05, 0.1) is 43.0 Å². The smallest absolute Gasteiger partial charge is 0.407 e. The number of carbonyl (C=O) groups excluding carboxylic acids is 2. The van der Waals surface area contributed by atoms with Gasteiger partial charge in [-0.3, -0.25) is 4.79 Å². The molecule has 3 heterocycles. The summed E-state index contributed by atoms with van der Waals surface area (Å²) in [5, 5.41) is 8.58. The molecule has 6 aromatic rings. The van der Waals surface area contributed by atoms with E-state index in [1.807, 2.05) is 47.6 Å². The first-order valence-corrected chi connectivity index (χ1v) is 18.9. The lowest BCUT2D eigenvalue weighted by atomic mass is 9.98. The number of fused-ring (bicyclic) bond motifs is 1. The van der Waals surface area contributed by atoms with Gasteiger partial charge in [0.1, 0.15) is 17.7 Å². The maximum Gasteiger partial charge on any atom is 0.407 e. The monoisotopic (exact) mass is 721 g/mol. The lowest BCUT2D eigenvalue weighted by Crippen LogP contribution is -2.43. The number of likely N-dealkylation sites (tertiary alicyclic amines) is 1. The molecule has 2 aromatic heterocycles. The fraction of sp³-hybridized carbons (Fsp3) is 0.318. The van der Waals surface area contributed by atoms with Gasteiger partial charge in [-0.25, -0.2) is 14.8 Å². The minimum atomic E-state index is -0.858. The second kappa shape index (κ2) is 14.6. The molecule has 4 aromatic carbocycles. The zero-order chi connectivity index (χ0) is 37.4. The van der Waals surface area contributed by atoms with Gasteiger partial charge < -0.3 is 30.2 Å². The van der Waals surface area contributed by atoms with Gasteiger partial charge in [-0.1, -0.05) is 99.6 Å². The molecule has 10 heteroatoms. The maximum atomic E-state index is 14.2. The average molecular weight is 722 g/mol. The number of ether oxygens (including phenoxy) is 1. The highest BCUT2D eigenvalue weighted by Crippen LogP contribution is 2.58. The molecule has 0 radical (unpaired) electrons. The molecule has 54 heavy (non-hydrogen) atoms. The van der Waals surface area contributed by atoms with Crippen molar-refractivity contribution in [2.45, 2.75) is 58.2 Å². The number of imidazole rings is 2. The Morgan fingerprint density at radius 3 is 2.19 bits per heavy atom. The summed E-state index contributed by atoms with van der Waals surface area (Å²) >= 11 is 0. The van der Waals surface area contributed by atoms with E-state index in [1.165, 1.54) is 7.11 Å². The Balaban J connectivity index is 0.999. The quantitative estimate of drug-likeness (QED) is 0.106. The fourth-order valence-corrected chi connectivity index (χ4v) is 7.94. The molecule has 4 N–H and O–H groups in total. The molecule has 276 valence electrons. The summed E-state index contributed by atoms with van der Waals surface area (Å²) < 4.78 is 4.89. The molecule has 8 rings (SSSR count). The molecule has 0 bridgehead atoms. The zero-order valence-corrected chi connectivity index (χ0v) is 31.2. The average Bonchev–Trinajstić information content (AvgIpc) is 3.53. The predicted molar refractivity (Wildman–Crippen MR) is 211 cm³/mol. The van der Waals surface area contributed by atoms with Gasteiger partial charge in [0.15, 0.2) is 0 Å². The van der Waals surface area contributed by atoms with Crippen molar-refractivity contribution >= 4 is 22.8 Å². The number of nitrogens with zero attached hydrogens (tertiary/aromatic N) is 3. The summed E-state index contributed by atoms with van der Waals surface area (Å²) in [6, 6.07) is 30.1. The number of hydrogen-bond donors (Lipinski definition) is 4. The molecule has 1 aliphatic heterocycles. The summed E-state index contributed by atoms with van der Waals surface area (Å²) in [5.41, 5.74) is 7.16. The van der Waals surface area contributed by atoms with Crippen LogP contribution in [0.25, 0.3) is 44.4 Å². The second-order valence-corrected chi connectivity index (χ2v) is 15.2. The van der Waals surface area contributed by atoms with Crippen LogP contribution in [-0.2, 0) is 9.53 Å². The molecular formula is C44H47N7O3. The third-order valence-electron chi connectivity index (χ3n) is 11.1. The Morgan fingerprint density at radius 2 is 1.50 bits per heavy atom. The normalized spacial score (nSPS) is 17.2. The number of alkyl carbamates (subject to hydrolysis) is 1. The summed E-state index contributed by atoms with van der Waals surface area (Å²) in [4.78, 5) is 45.0. The molecule has 2 amide bonds. The zero-order valence-electron chi connectivity index (χ0n) is 31.2. The van der Waals surface area contributed by atoms with Gasteiger partial charge in [-0.05, 0) is 82.3 Å². The van der Waals surface area contributed by atoms with Crippen LogP contribution in [0, 0.1) is 11.3 Å². The highest BCUT2D eigenvalue weighted by atomic mass is 16.5. The lowest BCUT2D eigenvalue weighted by Gasteiger charge is -2.28. The van der Waals surface area contributed by atoms with Crippen LogP contribution in [-0.4, -0.2) is 57.0 Å². The number of rotatable bonds is 11. The Hall–Kier alpha value is -5.74.